The molecule has 0 spiro atoms. The lowest BCUT2D eigenvalue weighted by Gasteiger charge is -2.38. The van der Waals surface area contributed by atoms with Crippen LogP contribution in [0.15, 0.2) is 48.5 Å². The van der Waals surface area contributed by atoms with E-state index in [0.29, 0.717) is 24.4 Å². The minimum Gasteiger partial charge on any atom is -0.484 e. The molecule has 2 aliphatic heterocycles. The third-order valence-electron chi connectivity index (χ3n) is 6.74. The fourth-order valence-electron chi connectivity index (χ4n) is 4.83. The van der Waals surface area contributed by atoms with E-state index in [2.05, 4.69) is 19.9 Å². The van der Waals surface area contributed by atoms with Gasteiger partial charge in [0, 0.05) is 25.2 Å². The molecule has 0 aliphatic carbocycles. The molecule has 2 aromatic carbocycles. The fraction of sp³-hybridized carbons (Fsp3) is 0.444. The molecule has 2 aromatic rings. The van der Waals surface area contributed by atoms with Gasteiger partial charge in [-0.3, -0.25) is 9.59 Å². The molecule has 0 bridgehead atoms. The first-order chi connectivity index (χ1) is 16.4. The Morgan fingerprint density at radius 3 is 2.26 bits per heavy atom. The molecule has 2 aliphatic rings. The molecule has 2 unspecified atom stereocenters. The topological polar surface area (TPSA) is 76.1 Å². The number of fused-ring (bicyclic) bond motifs is 1. The van der Waals surface area contributed by atoms with E-state index in [9.17, 15) is 14.4 Å². The van der Waals surface area contributed by atoms with Crippen LogP contribution in [-0.2, 0) is 27.3 Å². The quantitative estimate of drug-likeness (QED) is 0.611. The maximum Gasteiger partial charge on any atom is 0.338 e. The molecule has 2 atom stereocenters. The number of benzene rings is 2. The molecule has 7 nitrogen and oxygen atoms in total. The summed E-state index contributed by atoms with van der Waals surface area (Å²) in [5, 5.41) is 0. The van der Waals surface area contributed by atoms with Crippen molar-refractivity contribution in [2.45, 2.75) is 58.2 Å². The highest BCUT2D eigenvalue weighted by Gasteiger charge is 2.29. The predicted octanol–water partition coefficient (Wildman–Crippen LogP) is 3.60. The second-order valence-electron chi connectivity index (χ2n) is 9.15. The highest BCUT2D eigenvalue weighted by molar-refractivity contribution is 5.91. The fourth-order valence-corrected chi connectivity index (χ4v) is 4.83. The lowest BCUT2D eigenvalue weighted by atomic mass is 9.97. The van der Waals surface area contributed by atoms with Gasteiger partial charge in [0.1, 0.15) is 5.75 Å². The van der Waals surface area contributed by atoms with E-state index in [-0.39, 0.29) is 37.1 Å². The number of hydrogen-bond donors (Lipinski definition) is 0. The molecule has 2 heterocycles. The van der Waals surface area contributed by atoms with Crippen LogP contribution in [0.2, 0.25) is 0 Å². The number of likely N-dealkylation sites (tertiary alicyclic amines) is 1. The van der Waals surface area contributed by atoms with Crippen LogP contribution in [0.25, 0.3) is 0 Å². The molecule has 180 valence electrons. The summed E-state index contributed by atoms with van der Waals surface area (Å²) in [6.07, 6.45) is 3.97. The van der Waals surface area contributed by atoms with Crippen molar-refractivity contribution < 1.29 is 23.9 Å². The highest BCUT2D eigenvalue weighted by Crippen LogP contribution is 2.23. The van der Waals surface area contributed by atoms with Crippen molar-refractivity contribution in [1.82, 2.24) is 9.80 Å². The van der Waals surface area contributed by atoms with Crippen LogP contribution in [0.4, 0.5) is 0 Å². The summed E-state index contributed by atoms with van der Waals surface area (Å²) in [6.45, 7) is 4.97. The Labute approximate surface area is 200 Å². The molecule has 0 radical (unpaired) electrons. The van der Waals surface area contributed by atoms with E-state index in [1.54, 1.807) is 29.2 Å². The molecular formula is C27H32N2O5. The van der Waals surface area contributed by atoms with E-state index in [0.717, 1.165) is 31.2 Å². The van der Waals surface area contributed by atoms with E-state index in [1.165, 1.54) is 5.56 Å². The second kappa shape index (κ2) is 10.7. The number of hydrogen-bond acceptors (Lipinski definition) is 5. The number of carbonyl (C=O) groups excluding carboxylic acids is 3. The number of rotatable bonds is 6. The van der Waals surface area contributed by atoms with Crippen molar-refractivity contribution in [3.05, 3.63) is 65.2 Å². The largest absolute Gasteiger partial charge is 0.484 e. The van der Waals surface area contributed by atoms with Crippen LogP contribution in [-0.4, -0.2) is 59.4 Å². The SMILES string of the molecule is CC1CCCC(C)N1C(=O)COc1ccc(C(=O)OCC(=O)N2CCc3ccccc3C2)cc1. The Balaban J connectivity index is 1.24. The Hall–Kier alpha value is -3.35. The zero-order chi connectivity index (χ0) is 24.1. The van der Waals surface area contributed by atoms with Gasteiger partial charge >= 0.3 is 5.97 Å². The Kier molecular flexibility index (Phi) is 7.50. The van der Waals surface area contributed by atoms with Gasteiger partial charge in [0.2, 0.25) is 0 Å². The van der Waals surface area contributed by atoms with Crippen molar-refractivity contribution >= 4 is 17.8 Å². The van der Waals surface area contributed by atoms with Gasteiger partial charge < -0.3 is 19.3 Å². The first-order valence-electron chi connectivity index (χ1n) is 12.0. The number of esters is 1. The number of amides is 2. The normalized spacial score (nSPS) is 19.8. The summed E-state index contributed by atoms with van der Waals surface area (Å²) >= 11 is 0. The number of piperidine rings is 1. The minimum absolute atomic E-state index is 0.0259. The molecule has 0 aromatic heterocycles. The van der Waals surface area contributed by atoms with Gasteiger partial charge in [0.25, 0.3) is 11.8 Å². The minimum atomic E-state index is -0.565. The van der Waals surface area contributed by atoms with Gasteiger partial charge in [-0.2, -0.15) is 0 Å². The molecule has 7 heteroatoms. The molecule has 2 amide bonds. The van der Waals surface area contributed by atoms with Gasteiger partial charge in [-0.15, -0.1) is 0 Å². The Morgan fingerprint density at radius 2 is 1.56 bits per heavy atom. The Morgan fingerprint density at radius 1 is 0.882 bits per heavy atom. The zero-order valence-corrected chi connectivity index (χ0v) is 19.9. The molecule has 0 saturated carbocycles. The standard InChI is InChI=1S/C27H32N2O5/c1-19-6-5-7-20(2)29(19)26(31)18-33-24-12-10-22(11-13-24)27(32)34-17-25(30)28-15-14-21-8-3-4-9-23(21)16-28/h3-4,8-13,19-20H,5-7,14-18H2,1-2H3. The van der Waals surface area contributed by atoms with Crippen molar-refractivity contribution in [3.8, 4) is 5.75 Å². The van der Waals surface area contributed by atoms with Crippen LogP contribution >= 0.6 is 0 Å². The van der Waals surface area contributed by atoms with Crippen LogP contribution < -0.4 is 4.74 Å². The summed E-state index contributed by atoms with van der Waals surface area (Å²) in [5.74, 6) is -0.292. The highest BCUT2D eigenvalue weighted by atomic mass is 16.5. The van der Waals surface area contributed by atoms with Gasteiger partial charge in [-0.25, -0.2) is 4.79 Å². The van der Waals surface area contributed by atoms with E-state index < -0.39 is 5.97 Å². The van der Waals surface area contributed by atoms with Gasteiger partial charge in [-0.1, -0.05) is 24.3 Å². The van der Waals surface area contributed by atoms with Crippen molar-refractivity contribution in [3.63, 3.8) is 0 Å². The number of carbonyl (C=O) groups is 3. The average Bonchev–Trinajstić information content (AvgIpc) is 2.85. The lowest BCUT2D eigenvalue weighted by Crippen LogP contribution is -2.49. The monoisotopic (exact) mass is 464 g/mol. The molecule has 34 heavy (non-hydrogen) atoms. The lowest BCUT2D eigenvalue weighted by molar-refractivity contribution is -0.139. The van der Waals surface area contributed by atoms with Crippen molar-refractivity contribution in [1.29, 1.82) is 0 Å². The maximum absolute atomic E-state index is 12.6. The molecule has 4 rings (SSSR count). The molecule has 1 saturated heterocycles. The second-order valence-corrected chi connectivity index (χ2v) is 9.15. The van der Waals surface area contributed by atoms with Gasteiger partial charge in [0.05, 0.1) is 5.56 Å². The Bertz CT molecular complexity index is 1030. The summed E-state index contributed by atoms with van der Waals surface area (Å²) in [4.78, 5) is 41.1. The zero-order valence-electron chi connectivity index (χ0n) is 19.9. The van der Waals surface area contributed by atoms with Crippen LogP contribution in [0.1, 0.15) is 54.6 Å². The number of ether oxygens (including phenoxy) is 2. The third-order valence-corrected chi connectivity index (χ3v) is 6.74. The van der Waals surface area contributed by atoms with Crippen molar-refractivity contribution in [2.75, 3.05) is 19.8 Å². The summed E-state index contributed by atoms with van der Waals surface area (Å²) in [7, 11) is 0. The summed E-state index contributed by atoms with van der Waals surface area (Å²) in [5.41, 5.74) is 2.72. The molecule has 0 N–H and O–H groups in total. The first kappa shape index (κ1) is 23.8. The molecular weight excluding hydrogens is 432 g/mol. The van der Waals surface area contributed by atoms with Crippen LogP contribution in [0.5, 0.6) is 5.75 Å². The predicted molar refractivity (Wildman–Crippen MR) is 127 cm³/mol. The van der Waals surface area contributed by atoms with Gasteiger partial charge in [-0.05, 0) is 74.9 Å². The van der Waals surface area contributed by atoms with E-state index in [1.807, 2.05) is 23.1 Å². The average molecular weight is 465 g/mol. The van der Waals surface area contributed by atoms with Crippen LogP contribution in [0.3, 0.4) is 0 Å². The number of nitrogens with zero attached hydrogens (tertiary/aromatic N) is 2. The molecule has 1 fully saturated rings. The van der Waals surface area contributed by atoms with E-state index in [4.69, 9.17) is 9.47 Å². The summed E-state index contributed by atoms with van der Waals surface area (Å²) < 4.78 is 10.9. The van der Waals surface area contributed by atoms with Crippen molar-refractivity contribution in [2.24, 2.45) is 0 Å². The van der Waals surface area contributed by atoms with E-state index >= 15 is 0 Å². The smallest absolute Gasteiger partial charge is 0.338 e. The van der Waals surface area contributed by atoms with Crippen LogP contribution in [0, 0.1) is 0 Å². The summed E-state index contributed by atoms with van der Waals surface area (Å²) in [6, 6.07) is 14.9. The van der Waals surface area contributed by atoms with Gasteiger partial charge in [0.15, 0.2) is 13.2 Å². The first-order valence-corrected chi connectivity index (χ1v) is 12.0. The third kappa shape index (κ3) is 5.58. The maximum atomic E-state index is 12.6.